The number of nitrogens with one attached hydrogen (secondary N) is 1. The van der Waals surface area contributed by atoms with Gasteiger partial charge in [-0.15, -0.1) is 0 Å². The first kappa shape index (κ1) is 14.2. The molecule has 0 bridgehead atoms. The number of nitrogens with zero attached hydrogens (tertiary/aromatic N) is 2. The number of rotatable bonds is 5. The van der Waals surface area contributed by atoms with Crippen LogP contribution in [0.15, 0.2) is 30.3 Å². The zero-order valence-corrected chi connectivity index (χ0v) is 12.7. The van der Waals surface area contributed by atoms with Crippen molar-refractivity contribution in [1.82, 2.24) is 15.3 Å². The molecule has 1 aliphatic heterocycles. The van der Waals surface area contributed by atoms with E-state index in [9.17, 15) is 0 Å². The summed E-state index contributed by atoms with van der Waals surface area (Å²) in [5.41, 5.74) is 5.27. The second-order valence-corrected chi connectivity index (χ2v) is 5.67. The van der Waals surface area contributed by atoms with Crippen molar-refractivity contribution in [2.75, 3.05) is 6.54 Å². The molecule has 21 heavy (non-hydrogen) atoms. The average Bonchev–Trinajstić information content (AvgIpc) is 2.54. The van der Waals surface area contributed by atoms with Gasteiger partial charge in [0.15, 0.2) is 0 Å². The molecule has 0 saturated heterocycles. The fourth-order valence-electron chi connectivity index (χ4n) is 2.95. The van der Waals surface area contributed by atoms with Crippen molar-refractivity contribution >= 4 is 0 Å². The summed E-state index contributed by atoms with van der Waals surface area (Å²) < 4.78 is 0. The maximum atomic E-state index is 4.85. The van der Waals surface area contributed by atoms with Gasteiger partial charge < -0.3 is 5.32 Å². The van der Waals surface area contributed by atoms with Crippen molar-refractivity contribution in [2.24, 2.45) is 0 Å². The fraction of sp³-hybridized carbons (Fsp3) is 0.444. The number of aryl methyl sites for hydroxylation is 3. The molecule has 0 amide bonds. The molecular weight excluding hydrogens is 258 g/mol. The number of aromatic nitrogens is 2. The quantitative estimate of drug-likeness (QED) is 0.916. The van der Waals surface area contributed by atoms with Crippen LogP contribution >= 0.6 is 0 Å². The van der Waals surface area contributed by atoms with E-state index in [2.05, 4.69) is 42.6 Å². The highest BCUT2D eigenvalue weighted by Crippen LogP contribution is 2.18. The van der Waals surface area contributed by atoms with Gasteiger partial charge in [0.2, 0.25) is 0 Å². The first-order chi connectivity index (χ1) is 10.4. The molecule has 0 saturated carbocycles. The lowest BCUT2D eigenvalue weighted by Crippen LogP contribution is -2.27. The van der Waals surface area contributed by atoms with E-state index in [0.29, 0.717) is 0 Å². The average molecular weight is 281 g/mol. The molecule has 2 heterocycles. The van der Waals surface area contributed by atoms with E-state index < -0.39 is 0 Å². The Morgan fingerprint density at radius 1 is 1.05 bits per heavy atom. The van der Waals surface area contributed by atoms with Crippen LogP contribution in [0.2, 0.25) is 0 Å². The molecule has 1 aromatic heterocycles. The Labute approximate surface area is 126 Å². The van der Waals surface area contributed by atoms with Crippen molar-refractivity contribution in [1.29, 1.82) is 0 Å². The third-order valence-corrected chi connectivity index (χ3v) is 4.04. The Morgan fingerprint density at radius 2 is 1.90 bits per heavy atom. The van der Waals surface area contributed by atoms with Crippen LogP contribution in [0.25, 0.3) is 0 Å². The van der Waals surface area contributed by atoms with Gasteiger partial charge >= 0.3 is 0 Å². The lowest BCUT2D eigenvalue weighted by Gasteiger charge is -2.20. The van der Waals surface area contributed by atoms with Gasteiger partial charge in [-0.3, -0.25) is 0 Å². The highest BCUT2D eigenvalue weighted by Gasteiger charge is 2.16. The maximum absolute atomic E-state index is 4.85. The van der Waals surface area contributed by atoms with Crippen molar-refractivity contribution in [3.05, 3.63) is 58.7 Å². The van der Waals surface area contributed by atoms with Gasteiger partial charge in [0.1, 0.15) is 5.82 Å². The van der Waals surface area contributed by atoms with Gasteiger partial charge in [-0.1, -0.05) is 43.7 Å². The molecule has 110 valence electrons. The van der Waals surface area contributed by atoms with Crippen LogP contribution in [-0.2, 0) is 32.2 Å². The minimum Gasteiger partial charge on any atom is -0.311 e. The van der Waals surface area contributed by atoms with Gasteiger partial charge in [0.05, 0.1) is 5.69 Å². The third-order valence-electron chi connectivity index (χ3n) is 4.04. The van der Waals surface area contributed by atoms with Crippen LogP contribution in [0.5, 0.6) is 0 Å². The second-order valence-electron chi connectivity index (χ2n) is 5.67. The van der Waals surface area contributed by atoms with Crippen LogP contribution in [0.3, 0.4) is 0 Å². The van der Waals surface area contributed by atoms with Gasteiger partial charge in [-0.25, -0.2) is 9.97 Å². The summed E-state index contributed by atoms with van der Waals surface area (Å²) in [6.07, 6.45) is 5.23. The second kappa shape index (κ2) is 6.81. The maximum Gasteiger partial charge on any atom is 0.129 e. The van der Waals surface area contributed by atoms with Gasteiger partial charge in [-0.2, -0.15) is 0 Å². The predicted molar refractivity (Wildman–Crippen MR) is 85.3 cm³/mol. The molecule has 2 aromatic rings. The van der Waals surface area contributed by atoms with E-state index in [1.165, 1.54) is 22.5 Å². The van der Waals surface area contributed by atoms with E-state index in [0.717, 1.165) is 51.0 Å². The standard InChI is InChI=1S/C18H23N3/c1-2-6-16-15-11-12-19-13-17(15)21-18(20-16)10-9-14-7-4-3-5-8-14/h3-5,7-8,19H,2,6,9-13H2,1H3. The summed E-state index contributed by atoms with van der Waals surface area (Å²) in [4.78, 5) is 9.65. The topological polar surface area (TPSA) is 37.8 Å². The molecule has 0 fully saturated rings. The number of benzene rings is 1. The van der Waals surface area contributed by atoms with Gasteiger partial charge in [0, 0.05) is 18.7 Å². The summed E-state index contributed by atoms with van der Waals surface area (Å²) in [5.74, 6) is 1.00. The minimum atomic E-state index is 0.896. The van der Waals surface area contributed by atoms with E-state index >= 15 is 0 Å². The summed E-state index contributed by atoms with van der Waals surface area (Å²) in [6.45, 7) is 4.17. The lowest BCUT2D eigenvalue weighted by atomic mass is 10.0. The normalized spacial score (nSPS) is 14.0. The molecule has 0 atom stereocenters. The molecule has 3 rings (SSSR count). The zero-order chi connectivity index (χ0) is 14.5. The number of hydrogen-bond acceptors (Lipinski definition) is 3. The lowest BCUT2D eigenvalue weighted by molar-refractivity contribution is 0.604. The number of fused-ring (bicyclic) bond motifs is 1. The van der Waals surface area contributed by atoms with Gasteiger partial charge in [0.25, 0.3) is 0 Å². The van der Waals surface area contributed by atoms with E-state index in [1.54, 1.807) is 0 Å². The molecule has 1 N–H and O–H groups in total. The Hall–Kier alpha value is -1.74. The number of hydrogen-bond donors (Lipinski definition) is 1. The van der Waals surface area contributed by atoms with Crippen LogP contribution in [0.4, 0.5) is 0 Å². The predicted octanol–water partition coefficient (Wildman–Crippen LogP) is 2.86. The van der Waals surface area contributed by atoms with Crippen molar-refractivity contribution < 1.29 is 0 Å². The van der Waals surface area contributed by atoms with Crippen molar-refractivity contribution in [3.8, 4) is 0 Å². The molecule has 0 radical (unpaired) electrons. The molecule has 0 aliphatic carbocycles. The van der Waals surface area contributed by atoms with Crippen LogP contribution in [0, 0.1) is 0 Å². The molecule has 1 aromatic carbocycles. The first-order valence-electron chi connectivity index (χ1n) is 7.99. The molecule has 3 heteroatoms. The van der Waals surface area contributed by atoms with Crippen molar-refractivity contribution in [3.63, 3.8) is 0 Å². The van der Waals surface area contributed by atoms with Crippen LogP contribution < -0.4 is 5.32 Å². The Bertz CT molecular complexity index is 593. The summed E-state index contributed by atoms with van der Waals surface area (Å²) in [5, 5.41) is 3.42. The fourth-order valence-corrected chi connectivity index (χ4v) is 2.95. The minimum absolute atomic E-state index is 0.896. The van der Waals surface area contributed by atoms with E-state index in [-0.39, 0.29) is 0 Å². The Kier molecular flexibility index (Phi) is 4.61. The van der Waals surface area contributed by atoms with Crippen LogP contribution in [0.1, 0.15) is 41.7 Å². The van der Waals surface area contributed by atoms with Crippen molar-refractivity contribution in [2.45, 2.75) is 45.6 Å². The Balaban J connectivity index is 1.80. The Morgan fingerprint density at radius 3 is 2.71 bits per heavy atom. The van der Waals surface area contributed by atoms with Crippen LogP contribution in [-0.4, -0.2) is 16.5 Å². The summed E-state index contributed by atoms with van der Waals surface area (Å²) in [7, 11) is 0. The summed E-state index contributed by atoms with van der Waals surface area (Å²) in [6, 6.07) is 10.6. The molecule has 3 nitrogen and oxygen atoms in total. The highest BCUT2D eigenvalue weighted by atomic mass is 15.0. The third kappa shape index (κ3) is 3.48. The van der Waals surface area contributed by atoms with E-state index in [4.69, 9.17) is 9.97 Å². The SMILES string of the molecule is CCCc1nc(CCc2ccccc2)nc2c1CCNC2. The molecular formula is C18H23N3. The smallest absolute Gasteiger partial charge is 0.129 e. The molecule has 1 aliphatic rings. The van der Waals surface area contributed by atoms with Gasteiger partial charge in [-0.05, 0) is 36.9 Å². The monoisotopic (exact) mass is 281 g/mol. The zero-order valence-electron chi connectivity index (χ0n) is 12.7. The largest absolute Gasteiger partial charge is 0.311 e. The molecule has 0 unspecified atom stereocenters. The van der Waals surface area contributed by atoms with E-state index in [1.807, 2.05) is 0 Å². The summed E-state index contributed by atoms with van der Waals surface area (Å²) >= 11 is 0. The highest BCUT2D eigenvalue weighted by molar-refractivity contribution is 5.29. The first-order valence-corrected chi connectivity index (χ1v) is 7.99. The molecule has 0 spiro atoms.